The first-order valence-electron chi connectivity index (χ1n) is 7.38. The van der Waals surface area contributed by atoms with Crippen molar-refractivity contribution < 1.29 is 14.7 Å². The van der Waals surface area contributed by atoms with E-state index >= 15 is 0 Å². The number of carbonyl (C=O) groups excluding carboxylic acids is 1. The van der Waals surface area contributed by atoms with Gasteiger partial charge in [-0.25, -0.2) is 14.8 Å². The van der Waals surface area contributed by atoms with Gasteiger partial charge in [-0.15, -0.1) is 0 Å². The van der Waals surface area contributed by atoms with Crippen LogP contribution in [0.25, 0.3) is 11.0 Å². The number of aromatic carboxylic acids is 1. The summed E-state index contributed by atoms with van der Waals surface area (Å²) in [5, 5.41) is 11.7. The van der Waals surface area contributed by atoms with E-state index in [1.54, 1.807) is 0 Å². The van der Waals surface area contributed by atoms with E-state index in [0.29, 0.717) is 12.1 Å². The van der Waals surface area contributed by atoms with Crippen LogP contribution < -0.4 is 5.32 Å². The molecule has 0 atom stereocenters. The maximum absolute atomic E-state index is 11.8. The molecule has 1 amide bonds. The molecule has 2 aromatic heterocycles. The Morgan fingerprint density at radius 2 is 2.04 bits per heavy atom. The number of aryl methyl sites for hydroxylation is 1. The predicted molar refractivity (Wildman–Crippen MR) is 88.2 cm³/mol. The summed E-state index contributed by atoms with van der Waals surface area (Å²) < 4.78 is 0. The van der Waals surface area contributed by atoms with E-state index in [4.69, 9.17) is 0 Å². The average molecular weight is 324 g/mol. The number of para-hydroxylation sites is 1. The number of fused-ring (bicyclic) bond motifs is 1. The van der Waals surface area contributed by atoms with E-state index < -0.39 is 11.9 Å². The predicted octanol–water partition coefficient (Wildman–Crippen LogP) is 1.91. The van der Waals surface area contributed by atoms with Crippen molar-refractivity contribution in [1.82, 2.24) is 20.3 Å². The SMILES string of the molecule is CNC(=O)c1cc(C(=O)O)cc(Cc2cccc3[nH]c(C)nc23)n1. The van der Waals surface area contributed by atoms with Gasteiger partial charge >= 0.3 is 5.97 Å². The van der Waals surface area contributed by atoms with Crippen LogP contribution in [0.2, 0.25) is 0 Å². The number of nitrogens with zero attached hydrogens (tertiary/aromatic N) is 2. The maximum atomic E-state index is 11.8. The van der Waals surface area contributed by atoms with Crippen LogP contribution in [0.15, 0.2) is 30.3 Å². The van der Waals surface area contributed by atoms with E-state index in [-0.39, 0.29) is 11.3 Å². The van der Waals surface area contributed by atoms with Gasteiger partial charge in [-0.2, -0.15) is 0 Å². The van der Waals surface area contributed by atoms with Crippen molar-refractivity contribution in [1.29, 1.82) is 0 Å². The lowest BCUT2D eigenvalue weighted by Gasteiger charge is -2.07. The van der Waals surface area contributed by atoms with E-state index in [1.165, 1.54) is 19.2 Å². The van der Waals surface area contributed by atoms with Crippen LogP contribution in [0.4, 0.5) is 0 Å². The van der Waals surface area contributed by atoms with Crippen LogP contribution in [0.3, 0.4) is 0 Å². The molecule has 0 fully saturated rings. The van der Waals surface area contributed by atoms with Crippen LogP contribution >= 0.6 is 0 Å². The summed E-state index contributed by atoms with van der Waals surface area (Å²) in [6.45, 7) is 1.87. The van der Waals surface area contributed by atoms with Gasteiger partial charge < -0.3 is 15.4 Å². The molecule has 3 rings (SSSR count). The Labute approximate surface area is 137 Å². The molecule has 0 aliphatic rings. The number of carbonyl (C=O) groups is 2. The summed E-state index contributed by atoms with van der Waals surface area (Å²) in [6.07, 6.45) is 0.382. The Balaban J connectivity index is 2.06. The minimum absolute atomic E-state index is 0.0315. The highest BCUT2D eigenvalue weighted by atomic mass is 16.4. The second-order valence-corrected chi connectivity index (χ2v) is 5.43. The fourth-order valence-corrected chi connectivity index (χ4v) is 2.60. The average Bonchev–Trinajstić information content (AvgIpc) is 2.95. The molecule has 0 aliphatic carbocycles. The topological polar surface area (TPSA) is 108 Å². The third-order valence-corrected chi connectivity index (χ3v) is 3.67. The monoisotopic (exact) mass is 324 g/mol. The van der Waals surface area contributed by atoms with E-state index in [2.05, 4.69) is 20.3 Å². The number of nitrogens with one attached hydrogen (secondary N) is 2. The number of benzene rings is 1. The van der Waals surface area contributed by atoms with Crippen molar-refractivity contribution in [2.45, 2.75) is 13.3 Å². The smallest absolute Gasteiger partial charge is 0.335 e. The Kier molecular flexibility index (Phi) is 3.99. The first-order chi connectivity index (χ1) is 11.5. The Morgan fingerprint density at radius 3 is 2.75 bits per heavy atom. The summed E-state index contributed by atoms with van der Waals surface area (Å²) in [5.41, 5.74) is 3.25. The molecule has 2 heterocycles. The van der Waals surface area contributed by atoms with E-state index in [0.717, 1.165) is 22.4 Å². The van der Waals surface area contributed by atoms with Gasteiger partial charge in [0.1, 0.15) is 11.5 Å². The molecule has 0 aliphatic heterocycles. The Bertz CT molecular complexity index is 946. The zero-order valence-electron chi connectivity index (χ0n) is 13.3. The molecule has 0 radical (unpaired) electrons. The normalized spacial score (nSPS) is 10.8. The van der Waals surface area contributed by atoms with Crippen molar-refractivity contribution in [3.63, 3.8) is 0 Å². The second-order valence-electron chi connectivity index (χ2n) is 5.43. The number of rotatable bonds is 4. The van der Waals surface area contributed by atoms with Gasteiger partial charge in [0.25, 0.3) is 5.91 Å². The van der Waals surface area contributed by atoms with Gasteiger partial charge in [0.15, 0.2) is 0 Å². The van der Waals surface area contributed by atoms with Crippen molar-refractivity contribution in [3.8, 4) is 0 Å². The number of hydrogen-bond acceptors (Lipinski definition) is 4. The first-order valence-corrected chi connectivity index (χ1v) is 7.38. The molecule has 0 unspecified atom stereocenters. The van der Waals surface area contributed by atoms with Gasteiger partial charge in [-0.1, -0.05) is 12.1 Å². The molecule has 3 N–H and O–H groups in total. The fourth-order valence-electron chi connectivity index (χ4n) is 2.60. The van der Waals surface area contributed by atoms with Crippen molar-refractivity contribution in [2.24, 2.45) is 0 Å². The molecule has 0 bridgehead atoms. The Morgan fingerprint density at radius 1 is 1.25 bits per heavy atom. The van der Waals surface area contributed by atoms with Crippen molar-refractivity contribution >= 4 is 22.9 Å². The lowest BCUT2D eigenvalue weighted by atomic mass is 10.1. The standard InChI is InChI=1S/C17H16N4O3/c1-9-19-13-5-3-4-10(15(13)20-9)6-12-7-11(17(23)24)8-14(21-12)16(22)18-2/h3-5,7-8H,6H2,1-2H3,(H,18,22)(H,19,20)(H,23,24). The molecule has 122 valence electrons. The second kappa shape index (κ2) is 6.11. The van der Waals surface area contributed by atoms with Crippen molar-refractivity contribution in [2.75, 3.05) is 7.05 Å². The van der Waals surface area contributed by atoms with Crippen LogP contribution in [0.5, 0.6) is 0 Å². The maximum Gasteiger partial charge on any atom is 0.335 e. The molecule has 1 aromatic carbocycles. The lowest BCUT2D eigenvalue weighted by Crippen LogP contribution is -2.20. The van der Waals surface area contributed by atoms with Crippen LogP contribution in [-0.4, -0.2) is 39.0 Å². The molecule has 0 saturated heterocycles. The molecule has 3 aromatic rings. The number of H-pyrrole nitrogens is 1. The quantitative estimate of drug-likeness (QED) is 0.679. The van der Waals surface area contributed by atoms with Gasteiger partial charge in [0.05, 0.1) is 16.6 Å². The summed E-state index contributed by atoms with van der Waals surface area (Å²) in [4.78, 5) is 35.0. The van der Waals surface area contributed by atoms with Gasteiger partial charge in [0, 0.05) is 19.2 Å². The highest BCUT2D eigenvalue weighted by Gasteiger charge is 2.14. The number of pyridine rings is 1. The number of amides is 1. The molecular weight excluding hydrogens is 308 g/mol. The molecule has 7 nitrogen and oxygen atoms in total. The fraction of sp³-hybridized carbons (Fsp3) is 0.176. The summed E-state index contributed by atoms with van der Waals surface area (Å²) in [7, 11) is 1.48. The molecular formula is C17H16N4O3. The minimum atomic E-state index is -1.10. The molecule has 0 saturated carbocycles. The number of aromatic amines is 1. The molecule has 0 spiro atoms. The number of aromatic nitrogens is 3. The van der Waals surface area contributed by atoms with Gasteiger partial charge in [-0.05, 0) is 30.7 Å². The van der Waals surface area contributed by atoms with Crippen LogP contribution in [-0.2, 0) is 6.42 Å². The molecule has 24 heavy (non-hydrogen) atoms. The van der Waals surface area contributed by atoms with E-state index in [9.17, 15) is 14.7 Å². The first kappa shape index (κ1) is 15.7. The number of imidazole rings is 1. The zero-order valence-corrected chi connectivity index (χ0v) is 13.3. The van der Waals surface area contributed by atoms with Crippen LogP contribution in [0, 0.1) is 6.92 Å². The third-order valence-electron chi connectivity index (χ3n) is 3.67. The van der Waals surface area contributed by atoms with Crippen molar-refractivity contribution in [3.05, 3.63) is 58.7 Å². The zero-order chi connectivity index (χ0) is 17.3. The lowest BCUT2D eigenvalue weighted by molar-refractivity contribution is 0.0696. The molecule has 7 heteroatoms. The largest absolute Gasteiger partial charge is 0.478 e. The highest BCUT2D eigenvalue weighted by molar-refractivity contribution is 5.96. The third kappa shape index (κ3) is 2.96. The summed E-state index contributed by atoms with van der Waals surface area (Å²) in [6, 6.07) is 8.49. The Hall–Kier alpha value is -3.22. The minimum Gasteiger partial charge on any atom is -0.478 e. The number of hydrogen-bond donors (Lipinski definition) is 3. The van der Waals surface area contributed by atoms with Gasteiger partial charge in [-0.3, -0.25) is 4.79 Å². The van der Waals surface area contributed by atoms with Crippen LogP contribution in [0.1, 0.15) is 37.9 Å². The number of carboxylic acids is 1. The number of carboxylic acid groups (broad SMARTS) is 1. The summed E-state index contributed by atoms with van der Waals surface area (Å²) in [5.74, 6) is -0.721. The summed E-state index contributed by atoms with van der Waals surface area (Å²) >= 11 is 0. The highest BCUT2D eigenvalue weighted by Crippen LogP contribution is 2.20. The van der Waals surface area contributed by atoms with E-state index in [1.807, 2.05) is 25.1 Å². The van der Waals surface area contributed by atoms with Gasteiger partial charge in [0.2, 0.25) is 0 Å².